The van der Waals surface area contributed by atoms with Crippen molar-refractivity contribution in [3.63, 3.8) is 0 Å². The van der Waals surface area contributed by atoms with Crippen LogP contribution in [0.5, 0.6) is 0 Å². The van der Waals surface area contributed by atoms with Gasteiger partial charge in [0.25, 0.3) is 0 Å². The van der Waals surface area contributed by atoms with Gasteiger partial charge in [0.05, 0.1) is 6.54 Å². The maximum Gasteiger partial charge on any atom is 0.433 e. The highest BCUT2D eigenvalue weighted by atomic mass is 19.4. The van der Waals surface area contributed by atoms with Gasteiger partial charge in [0.15, 0.2) is 5.96 Å². The molecule has 9 nitrogen and oxygen atoms in total. The number of nitrogens with one attached hydrogen (secondary N) is 3. The second kappa shape index (κ2) is 10.4. The lowest BCUT2D eigenvalue weighted by Gasteiger charge is -2.12. The highest BCUT2D eigenvalue weighted by molar-refractivity contribution is 5.79. The van der Waals surface area contributed by atoms with Crippen molar-refractivity contribution in [1.29, 1.82) is 0 Å². The molecule has 0 aliphatic heterocycles. The van der Waals surface area contributed by atoms with Gasteiger partial charge in [-0.15, -0.1) is 10.2 Å². The van der Waals surface area contributed by atoms with Gasteiger partial charge in [-0.3, -0.25) is 4.99 Å². The smallest absolute Gasteiger partial charge is 0.357 e. The lowest BCUT2D eigenvalue weighted by Crippen LogP contribution is -2.39. The summed E-state index contributed by atoms with van der Waals surface area (Å²) in [6.07, 6.45) is -0.939. The second-order valence-corrected chi connectivity index (χ2v) is 5.67. The Morgan fingerprint density at radius 1 is 1.21 bits per heavy atom. The molecule has 0 spiro atoms. The van der Waals surface area contributed by atoms with Gasteiger partial charge >= 0.3 is 6.18 Å². The van der Waals surface area contributed by atoms with E-state index in [2.05, 4.69) is 41.1 Å². The Morgan fingerprint density at radius 3 is 2.75 bits per heavy atom. The number of halogens is 3. The molecular weight excluding hydrogens is 375 g/mol. The van der Waals surface area contributed by atoms with E-state index in [1.807, 2.05) is 18.4 Å². The van der Waals surface area contributed by atoms with Crippen LogP contribution in [0.4, 0.5) is 19.1 Å². The summed E-state index contributed by atoms with van der Waals surface area (Å²) in [5, 5.41) is 17.0. The minimum absolute atomic E-state index is 0.0808. The topological polar surface area (TPSA) is 105 Å². The molecule has 154 valence electrons. The summed E-state index contributed by atoms with van der Waals surface area (Å²) in [6, 6.07) is 0.830. The number of nitrogens with zero attached hydrogens (tertiary/aromatic N) is 6. The summed E-state index contributed by atoms with van der Waals surface area (Å²) in [4.78, 5) is 11.6. The highest BCUT2D eigenvalue weighted by Gasteiger charge is 2.32. The Labute approximate surface area is 160 Å². The van der Waals surface area contributed by atoms with Crippen LogP contribution in [0.15, 0.2) is 23.6 Å². The van der Waals surface area contributed by atoms with E-state index >= 15 is 0 Å². The largest absolute Gasteiger partial charge is 0.433 e. The number of rotatable bonds is 9. The van der Waals surface area contributed by atoms with E-state index in [1.165, 1.54) is 0 Å². The molecule has 3 N–H and O–H groups in total. The Balaban J connectivity index is 1.80. The SMILES string of the molecule is CCNC(=NCCNc1nccc(C(F)(F)F)n1)NCCn1cnnc1CC. The van der Waals surface area contributed by atoms with Gasteiger partial charge in [0.2, 0.25) is 5.95 Å². The van der Waals surface area contributed by atoms with E-state index in [0.29, 0.717) is 38.7 Å². The molecule has 0 saturated heterocycles. The second-order valence-electron chi connectivity index (χ2n) is 5.67. The summed E-state index contributed by atoms with van der Waals surface area (Å²) >= 11 is 0. The summed E-state index contributed by atoms with van der Waals surface area (Å²) in [6.45, 7) is 6.59. The molecule has 2 aromatic rings. The van der Waals surface area contributed by atoms with Crippen LogP contribution in [0.1, 0.15) is 25.4 Å². The molecule has 0 amide bonds. The van der Waals surface area contributed by atoms with Crippen molar-refractivity contribution in [3.8, 4) is 0 Å². The molecule has 2 heterocycles. The van der Waals surface area contributed by atoms with Crippen LogP contribution in [0, 0.1) is 0 Å². The predicted molar refractivity (Wildman–Crippen MR) is 98.9 cm³/mol. The van der Waals surface area contributed by atoms with Gasteiger partial charge < -0.3 is 20.5 Å². The maximum absolute atomic E-state index is 12.6. The van der Waals surface area contributed by atoms with Crippen LogP contribution in [0.2, 0.25) is 0 Å². The Bertz CT molecular complexity index is 758. The summed E-state index contributed by atoms with van der Waals surface area (Å²) in [7, 11) is 0. The van der Waals surface area contributed by atoms with E-state index < -0.39 is 11.9 Å². The molecule has 0 aliphatic rings. The maximum atomic E-state index is 12.6. The molecule has 2 rings (SSSR count). The van der Waals surface area contributed by atoms with E-state index in [4.69, 9.17) is 0 Å². The summed E-state index contributed by atoms with van der Waals surface area (Å²) in [5.74, 6) is 1.44. The zero-order chi connectivity index (χ0) is 20.4. The van der Waals surface area contributed by atoms with Crippen LogP contribution in [0.3, 0.4) is 0 Å². The zero-order valence-corrected chi connectivity index (χ0v) is 15.8. The van der Waals surface area contributed by atoms with E-state index in [0.717, 1.165) is 24.5 Å². The van der Waals surface area contributed by atoms with Crippen LogP contribution in [-0.4, -0.2) is 56.9 Å². The fourth-order valence-electron chi connectivity index (χ4n) is 2.31. The zero-order valence-electron chi connectivity index (χ0n) is 15.8. The highest BCUT2D eigenvalue weighted by Crippen LogP contribution is 2.27. The molecule has 28 heavy (non-hydrogen) atoms. The van der Waals surface area contributed by atoms with Crippen LogP contribution in [0.25, 0.3) is 0 Å². The summed E-state index contributed by atoms with van der Waals surface area (Å²) < 4.78 is 39.9. The first kappa shape index (κ1) is 21.4. The Hall–Kier alpha value is -2.92. The van der Waals surface area contributed by atoms with Crippen molar-refractivity contribution in [2.24, 2.45) is 4.99 Å². The van der Waals surface area contributed by atoms with E-state index in [1.54, 1.807) is 6.33 Å². The lowest BCUT2D eigenvalue weighted by molar-refractivity contribution is -0.141. The molecule has 0 saturated carbocycles. The third-order valence-electron chi connectivity index (χ3n) is 3.61. The number of aromatic nitrogens is 5. The molecule has 2 aromatic heterocycles. The fourth-order valence-corrected chi connectivity index (χ4v) is 2.31. The number of hydrogen-bond donors (Lipinski definition) is 3. The first-order valence-corrected chi connectivity index (χ1v) is 8.97. The van der Waals surface area contributed by atoms with Crippen molar-refractivity contribution in [2.45, 2.75) is 33.0 Å². The Morgan fingerprint density at radius 2 is 2.04 bits per heavy atom. The molecule has 0 aliphatic carbocycles. The monoisotopic (exact) mass is 399 g/mol. The lowest BCUT2D eigenvalue weighted by atomic mass is 10.4. The number of guanidine groups is 1. The molecule has 0 atom stereocenters. The average Bonchev–Trinajstić information content (AvgIpc) is 3.12. The number of aryl methyl sites for hydroxylation is 1. The van der Waals surface area contributed by atoms with Gasteiger partial charge in [-0.2, -0.15) is 13.2 Å². The number of aliphatic imine (C=N–C) groups is 1. The van der Waals surface area contributed by atoms with Crippen LogP contribution in [-0.2, 0) is 19.1 Å². The minimum atomic E-state index is -4.50. The van der Waals surface area contributed by atoms with Gasteiger partial charge in [-0.25, -0.2) is 9.97 Å². The van der Waals surface area contributed by atoms with E-state index in [9.17, 15) is 13.2 Å². The molecule has 12 heteroatoms. The normalized spacial score (nSPS) is 12.1. The summed E-state index contributed by atoms with van der Waals surface area (Å²) in [5.41, 5.74) is -0.982. The van der Waals surface area contributed by atoms with Crippen LogP contribution >= 0.6 is 0 Å². The van der Waals surface area contributed by atoms with Crippen molar-refractivity contribution >= 4 is 11.9 Å². The quantitative estimate of drug-likeness (QED) is 0.332. The minimum Gasteiger partial charge on any atom is -0.357 e. The van der Waals surface area contributed by atoms with Crippen LogP contribution < -0.4 is 16.0 Å². The third kappa shape index (κ3) is 6.67. The first-order valence-electron chi connectivity index (χ1n) is 8.97. The van der Waals surface area contributed by atoms with Gasteiger partial charge in [-0.05, 0) is 13.0 Å². The van der Waals surface area contributed by atoms with Crippen molar-refractivity contribution < 1.29 is 13.2 Å². The van der Waals surface area contributed by atoms with Gasteiger partial charge in [0, 0.05) is 38.8 Å². The number of anilines is 1. The molecule has 0 fully saturated rings. The fraction of sp³-hybridized carbons (Fsp3) is 0.562. The standard InChI is InChI=1S/C16H24F3N9/c1-3-13-27-25-11-28(13)10-9-24-14(20-4-2)22-7-8-23-15-21-6-5-12(26-15)16(17,18)19/h5-6,11H,3-4,7-10H2,1-2H3,(H2,20,22,24)(H,21,23,26). The molecular formula is C16H24F3N9. The third-order valence-corrected chi connectivity index (χ3v) is 3.61. The van der Waals surface area contributed by atoms with E-state index in [-0.39, 0.29) is 5.95 Å². The molecule has 0 bridgehead atoms. The average molecular weight is 399 g/mol. The number of alkyl halides is 3. The van der Waals surface area contributed by atoms with Gasteiger partial charge in [0.1, 0.15) is 17.8 Å². The molecule has 0 radical (unpaired) electrons. The predicted octanol–water partition coefficient (Wildman–Crippen LogP) is 1.32. The first-order chi connectivity index (χ1) is 13.4. The molecule has 0 aromatic carbocycles. The molecule has 0 unspecified atom stereocenters. The van der Waals surface area contributed by atoms with Crippen molar-refractivity contribution in [2.75, 3.05) is 31.5 Å². The van der Waals surface area contributed by atoms with Crippen molar-refractivity contribution in [3.05, 3.63) is 30.1 Å². The van der Waals surface area contributed by atoms with Crippen molar-refractivity contribution in [1.82, 2.24) is 35.4 Å². The Kier molecular flexibility index (Phi) is 7.96. The number of hydrogen-bond acceptors (Lipinski definition) is 6. The van der Waals surface area contributed by atoms with Gasteiger partial charge in [-0.1, -0.05) is 6.92 Å².